The van der Waals surface area contributed by atoms with Gasteiger partial charge in [-0.15, -0.1) is 0 Å². The Kier molecular flexibility index (Phi) is 19.8. The number of aliphatic hydroxyl groups is 2. The number of halogens is 2. The van der Waals surface area contributed by atoms with Crippen molar-refractivity contribution in [2.24, 2.45) is 0 Å². The molecule has 0 amide bonds. The molecule has 1 saturated heterocycles. The summed E-state index contributed by atoms with van der Waals surface area (Å²) >= 11 is 6.66. The van der Waals surface area contributed by atoms with Gasteiger partial charge in [0, 0.05) is 33.3 Å². The van der Waals surface area contributed by atoms with E-state index < -0.39 is 10.1 Å². The molecule has 3 aromatic rings. The van der Waals surface area contributed by atoms with Crippen LogP contribution in [0.1, 0.15) is 40.6 Å². The van der Waals surface area contributed by atoms with Gasteiger partial charge in [0.1, 0.15) is 6.29 Å². The SMILES string of the molecule is Brc1cccc(C2OCCCO2)c1.Cc1ccc(S(=O)(=O)O)cc1.O.O=Cc1cccc(Br)c1.OCCCO. The van der Waals surface area contributed by atoms with Crippen molar-refractivity contribution in [3.63, 3.8) is 0 Å². The van der Waals surface area contributed by atoms with Crippen molar-refractivity contribution >= 4 is 48.3 Å². The molecule has 1 aliphatic heterocycles. The molecule has 0 spiro atoms. The number of aryl methyl sites for hydroxylation is 1. The molecule has 4 rings (SSSR count). The molecule has 0 aromatic heterocycles. The van der Waals surface area contributed by atoms with E-state index in [1.165, 1.54) is 12.1 Å². The van der Waals surface area contributed by atoms with Gasteiger partial charge in [0.2, 0.25) is 0 Å². The van der Waals surface area contributed by atoms with Crippen LogP contribution in [-0.2, 0) is 19.6 Å². The largest absolute Gasteiger partial charge is 0.412 e. The van der Waals surface area contributed by atoms with Gasteiger partial charge in [-0.1, -0.05) is 73.8 Å². The smallest absolute Gasteiger partial charge is 0.294 e. The fraction of sp³-hybridized carbons (Fsp3) is 0.296. The third kappa shape index (κ3) is 16.6. The topological polar surface area (TPSA) is 162 Å². The van der Waals surface area contributed by atoms with Crippen molar-refractivity contribution in [1.29, 1.82) is 0 Å². The lowest BCUT2D eigenvalue weighted by molar-refractivity contribution is -0.183. The van der Waals surface area contributed by atoms with Crippen LogP contribution in [0.2, 0.25) is 0 Å². The van der Waals surface area contributed by atoms with Gasteiger partial charge in [0.05, 0.1) is 18.1 Å². The first kappa shape index (κ1) is 37.0. The quantitative estimate of drug-likeness (QED) is 0.251. The molecule has 1 fully saturated rings. The highest BCUT2D eigenvalue weighted by atomic mass is 79.9. The van der Waals surface area contributed by atoms with Gasteiger partial charge in [-0.3, -0.25) is 9.35 Å². The van der Waals surface area contributed by atoms with Crippen LogP contribution >= 0.6 is 31.9 Å². The number of rotatable bonds is 5. The van der Waals surface area contributed by atoms with Gasteiger partial charge < -0.3 is 25.2 Å². The molecule has 0 unspecified atom stereocenters. The van der Waals surface area contributed by atoms with Crippen molar-refractivity contribution in [2.45, 2.75) is 31.0 Å². The summed E-state index contributed by atoms with van der Waals surface area (Å²) in [6.45, 7) is 3.61. The summed E-state index contributed by atoms with van der Waals surface area (Å²) in [5.41, 5.74) is 2.73. The Morgan fingerprint density at radius 2 is 1.44 bits per heavy atom. The lowest BCUT2D eigenvalue weighted by atomic mass is 10.2. The molecular weight excluding hydrogens is 660 g/mol. The van der Waals surface area contributed by atoms with Gasteiger partial charge >= 0.3 is 0 Å². The average Bonchev–Trinajstić information content (AvgIpc) is 2.90. The van der Waals surface area contributed by atoms with Crippen LogP contribution in [0.15, 0.2) is 86.6 Å². The van der Waals surface area contributed by atoms with E-state index in [1.54, 1.807) is 24.3 Å². The predicted octanol–water partition coefficient (Wildman–Crippen LogP) is 4.92. The van der Waals surface area contributed by atoms with Gasteiger partial charge in [-0.05, 0) is 56.2 Å². The van der Waals surface area contributed by atoms with Crippen LogP contribution < -0.4 is 0 Å². The summed E-state index contributed by atoms with van der Waals surface area (Å²) in [5.74, 6) is 0. The van der Waals surface area contributed by atoms with Crippen molar-refractivity contribution in [1.82, 2.24) is 0 Å². The zero-order valence-corrected chi connectivity index (χ0v) is 25.4. The minimum absolute atomic E-state index is 0. The molecule has 0 saturated carbocycles. The number of ether oxygens (including phenoxy) is 2. The summed E-state index contributed by atoms with van der Waals surface area (Å²) in [7, 11) is -4.02. The molecule has 0 atom stereocenters. The second-order valence-electron chi connectivity index (χ2n) is 7.74. The lowest BCUT2D eigenvalue weighted by Gasteiger charge is -2.23. The number of aldehydes is 1. The summed E-state index contributed by atoms with van der Waals surface area (Å²) in [6.07, 6.45) is 2.14. The summed E-state index contributed by atoms with van der Waals surface area (Å²) in [4.78, 5) is 10.1. The molecule has 9 nitrogen and oxygen atoms in total. The van der Waals surface area contributed by atoms with E-state index in [4.69, 9.17) is 24.2 Å². The van der Waals surface area contributed by atoms with E-state index in [0.717, 1.165) is 46.0 Å². The number of carbonyl (C=O) groups is 1. The van der Waals surface area contributed by atoms with E-state index in [2.05, 4.69) is 31.9 Å². The van der Waals surface area contributed by atoms with Gasteiger partial charge in [0.25, 0.3) is 10.1 Å². The predicted molar refractivity (Wildman–Crippen MR) is 156 cm³/mol. The number of carbonyl (C=O) groups excluding carboxylic acids is 1. The van der Waals surface area contributed by atoms with Crippen LogP contribution in [0.4, 0.5) is 0 Å². The minimum atomic E-state index is -4.02. The zero-order valence-electron chi connectivity index (χ0n) is 21.4. The number of benzene rings is 3. The van der Waals surface area contributed by atoms with Gasteiger partial charge in [-0.2, -0.15) is 8.42 Å². The molecule has 1 aliphatic rings. The summed E-state index contributed by atoms with van der Waals surface area (Å²) in [5, 5.41) is 15.8. The highest BCUT2D eigenvalue weighted by Crippen LogP contribution is 2.24. The van der Waals surface area contributed by atoms with Crippen molar-refractivity contribution in [3.05, 3.63) is 98.4 Å². The Bertz CT molecular complexity index is 1180. The summed E-state index contributed by atoms with van der Waals surface area (Å²) < 4.78 is 42.5. The fourth-order valence-corrected chi connectivity index (χ4v) is 4.01. The van der Waals surface area contributed by atoms with Crippen molar-refractivity contribution < 1.29 is 42.9 Å². The second kappa shape index (κ2) is 20.8. The number of hydrogen-bond donors (Lipinski definition) is 3. The highest BCUT2D eigenvalue weighted by molar-refractivity contribution is 9.10. The fourth-order valence-electron chi connectivity index (χ4n) is 2.69. The molecule has 216 valence electrons. The van der Waals surface area contributed by atoms with Crippen LogP contribution in [0.25, 0.3) is 0 Å². The summed E-state index contributed by atoms with van der Waals surface area (Å²) in [6, 6.07) is 21.2. The third-order valence-corrected chi connectivity index (χ3v) is 6.42. The zero-order chi connectivity index (χ0) is 28.4. The van der Waals surface area contributed by atoms with Crippen LogP contribution in [0.5, 0.6) is 0 Å². The van der Waals surface area contributed by atoms with E-state index in [-0.39, 0.29) is 29.9 Å². The van der Waals surface area contributed by atoms with Crippen molar-refractivity contribution in [2.75, 3.05) is 26.4 Å². The van der Waals surface area contributed by atoms with Gasteiger partial charge in [-0.25, -0.2) is 0 Å². The van der Waals surface area contributed by atoms with Crippen LogP contribution in [-0.4, -0.2) is 61.4 Å². The Morgan fingerprint density at radius 3 is 1.85 bits per heavy atom. The average molecular weight is 694 g/mol. The highest BCUT2D eigenvalue weighted by Gasteiger charge is 2.16. The normalized spacial score (nSPS) is 12.7. The maximum Gasteiger partial charge on any atom is 0.294 e. The number of aliphatic hydroxyl groups excluding tert-OH is 2. The monoisotopic (exact) mass is 692 g/mol. The molecule has 12 heteroatoms. The molecule has 0 bridgehead atoms. The maximum atomic E-state index is 10.5. The van der Waals surface area contributed by atoms with Crippen LogP contribution in [0.3, 0.4) is 0 Å². The van der Waals surface area contributed by atoms with Gasteiger partial charge in [0.15, 0.2) is 6.29 Å². The molecular formula is C27H34Br2O9S. The Labute approximate surface area is 246 Å². The Hall–Kier alpha value is -2.00. The Morgan fingerprint density at radius 1 is 0.897 bits per heavy atom. The Balaban J connectivity index is 0.000000513. The maximum absolute atomic E-state index is 10.5. The molecule has 3 aromatic carbocycles. The molecule has 5 N–H and O–H groups in total. The van der Waals surface area contributed by atoms with Crippen molar-refractivity contribution in [3.8, 4) is 0 Å². The minimum Gasteiger partial charge on any atom is -0.412 e. The lowest BCUT2D eigenvalue weighted by Crippen LogP contribution is -2.17. The first-order chi connectivity index (χ1) is 18.1. The number of hydrogen-bond acceptors (Lipinski definition) is 7. The molecule has 0 aliphatic carbocycles. The third-order valence-electron chi connectivity index (χ3n) is 4.57. The standard InChI is InChI=1S/C10H11BrO2.C7H5BrO.C7H8O3S.C3H8O2.H2O/c11-9-4-1-3-8(7-9)10-12-5-2-6-13-10;8-7-3-1-2-6(4-7)5-9;1-6-2-4-7(5-3-6)11(8,9)10;4-2-1-3-5;/h1,3-4,7,10H,2,5-6H2;1-5H;2-5H,1H3,(H,8,9,10);4-5H,1-3H2;1H2. The molecule has 0 radical (unpaired) electrons. The van der Waals surface area contributed by atoms with Crippen LogP contribution in [0, 0.1) is 6.92 Å². The first-order valence-electron chi connectivity index (χ1n) is 11.6. The first-order valence-corrected chi connectivity index (χ1v) is 14.6. The van der Waals surface area contributed by atoms with E-state index in [9.17, 15) is 13.2 Å². The van der Waals surface area contributed by atoms with E-state index >= 15 is 0 Å². The van der Waals surface area contributed by atoms with E-state index in [0.29, 0.717) is 12.0 Å². The molecule has 39 heavy (non-hydrogen) atoms. The second-order valence-corrected chi connectivity index (χ2v) is 11.0. The van der Waals surface area contributed by atoms with E-state index in [1.807, 2.05) is 43.3 Å². The molecule has 1 heterocycles.